The van der Waals surface area contributed by atoms with E-state index in [1.165, 1.54) is 11.3 Å². The van der Waals surface area contributed by atoms with E-state index < -0.39 is 0 Å². The van der Waals surface area contributed by atoms with Crippen molar-refractivity contribution in [3.8, 4) is 0 Å². The molecule has 0 aliphatic carbocycles. The predicted molar refractivity (Wildman–Crippen MR) is 84.7 cm³/mol. The Kier molecular flexibility index (Phi) is 2.79. The molecule has 4 rings (SSSR count). The van der Waals surface area contributed by atoms with Crippen molar-refractivity contribution in [3.05, 3.63) is 70.2 Å². The first kappa shape index (κ1) is 12.2. The van der Waals surface area contributed by atoms with Crippen LogP contribution in [-0.4, -0.2) is 14.5 Å². The predicted octanol–water partition coefficient (Wildman–Crippen LogP) is 3.05. The molecule has 5 heteroatoms. The van der Waals surface area contributed by atoms with E-state index in [2.05, 4.69) is 9.97 Å². The van der Waals surface area contributed by atoms with E-state index in [9.17, 15) is 4.79 Å². The molecule has 4 nitrogen and oxygen atoms in total. The van der Waals surface area contributed by atoms with Crippen molar-refractivity contribution < 1.29 is 0 Å². The summed E-state index contributed by atoms with van der Waals surface area (Å²) in [6, 6.07) is 13.8. The minimum Gasteiger partial charge on any atom is -0.292 e. The second-order valence-electron chi connectivity index (χ2n) is 4.81. The number of rotatable bonds is 2. The highest BCUT2D eigenvalue weighted by Gasteiger charge is 2.06. The zero-order valence-electron chi connectivity index (χ0n) is 11.1. The number of thiophene rings is 1. The van der Waals surface area contributed by atoms with Gasteiger partial charge in [-0.3, -0.25) is 14.3 Å². The van der Waals surface area contributed by atoms with E-state index in [4.69, 9.17) is 0 Å². The van der Waals surface area contributed by atoms with E-state index in [1.807, 2.05) is 47.8 Å². The Balaban J connectivity index is 1.78. The Labute approximate surface area is 124 Å². The number of aromatic nitrogens is 3. The van der Waals surface area contributed by atoms with Crippen LogP contribution in [0.3, 0.4) is 0 Å². The van der Waals surface area contributed by atoms with Crippen molar-refractivity contribution >= 4 is 32.5 Å². The first-order valence-electron chi connectivity index (χ1n) is 6.58. The lowest BCUT2D eigenvalue weighted by Crippen LogP contribution is -2.20. The first-order valence-corrected chi connectivity index (χ1v) is 7.46. The van der Waals surface area contributed by atoms with Gasteiger partial charge in [-0.15, -0.1) is 11.3 Å². The Morgan fingerprint density at radius 1 is 1.05 bits per heavy atom. The highest BCUT2D eigenvalue weighted by molar-refractivity contribution is 7.17. The fourth-order valence-electron chi connectivity index (χ4n) is 2.36. The third-order valence-electron chi connectivity index (χ3n) is 3.42. The fraction of sp³-hybridized carbons (Fsp3) is 0.0625. The van der Waals surface area contributed by atoms with Crippen molar-refractivity contribution in [1.82, 2.24) is 14.5 Å². The number of hydrogen-bond acceptors (Lipinski definition) is 4. The van der Waals surface area contributed by atoms with E-state index in [1.54, 1.807) is 10.9 Å². The lowest BCUT2D eigenvalue weighted by Gasteiger charge is -2.06. The van der Waals surface area contributed by atoms with Crippen LogP contribution in [0.15, 0.2) is 59.0 Å². The van der Waals surface area contributed by atoms with Gasteiger partial charge in [0.25, 0.3) is 5.56 Å². The highest BCUT2D eigenvalue weighted by Crippen LogP contribution is 2.15. The Morgan fingerprint density at radius 3 is 2.90 bits per heavy atom. The van der Waals surface area contributed by atoms with Gasteiger partial charge in [-0.2, -0.15) is 0 Å². The lowest BCUT2D eigenvalue weighted by molar-refractivity contribution is 0.734. The number of pyridine rings is 1. The average molecular weight is 293 g/mol. The summed E-state index contributed by atoms with van der Waals surface area (Å²) in [5.74, 6) is 0. The Hall–Kier alpha value is -2.53. The van der Waals surface area contributed by atoms with Crippen LogP contribution in [0.1, 0.15) is 5.69 Å². The molecule has 0 radical (unpaired) electrons. The number of nitrogens with zero attached hydrogens (tertiary/aromatic N) is 3. The van der Waals surface area contributed by atoms with Gasteiger partial charge in [-0.25, -0.2) is 4.98 Å². The first-order chi connectivity index (χ1) is 10.3. The van der Waals surface area contributed by atoms with Gasteiger partial charge in [0.15, 0.2) is 0 Å². The van der Waals surface area contributed by atoms with Crippen molar-refractivity contribution in [2.75, 3.05) is 0 Å². The molecule has 0 bridgehead atoms. The summed E-state index contributed by atoms with van der Waals surface area (Å²) in [5, 5.41) is 2.98. The number of hydrogen-bond donors (Lipinski definition) is 0. The van der Waals surface area contributed by atoms with Gasteiger partial charge in [-0.1, -0.05) is 24.3 Å². The molecule has 0 aliphatic rings. The summed E-state index contributed by atoms with van der Waals surface area (Å²) in [6.45, 7) is 0.435. The maximum Gasteiger partial charge on any atom is 0.271 e. The molecule has 0 fully saturated rings. The molecule has 21 heavy (non-hydrogen) atoms. The second-order valence-corrected chi connectivity index (χ2v) is 5.72. The Morgan fingerprint density at radius 2 is 1.95 bits per heavy atom. The molecule has 1 aromatic carbocycles. The highest BCUT2D eigenvalue weighted by atomic mass is 32.1. The molecule has 3 aromatic heterocycles. The number of fused-ring (bicyclic) bond motifs is 2. The minimum atomic E-state index is -0.00930. The average Bonchev–Trinajstić information content (AvgIpc) is 2.99. The van der Waals surface area contributed by atoms with Crippen molar-refractivity contribution in [3.63, 3.8) is 0 Å². The quantitative estimate of drug-likeness (QED) is 0.570. The summed E-state index contributed by atoms with van der Waals surface area (Å²) in [4.78, 5) is 21.3. The fourth-order valence-corrected chi connectivity index (χ4v) is 3.16. The van der Waals surface area contributed by atoms with Crippen LogP contribution in [0.5, 0.6) is 0 Å². The zero-order valence-corrected chi connectivity index (χ0v) is 11.9. The maximum absolute atomic E-state index is 12.4. The van der Waals surface area contributed by atoms with Crippen LogP contribution in [-0.2, 0) is 6.54 Å². The van der Waals surface area contributed by atoms with Gasteiger partial charge >= 0.3 is 0 Å². The zero-order chi connectivity index (χ0) is 14.2. The van der Waals surface area contributed by atoms with Crippen LogP contribution in [0.4, 0.5) is 0 Å². The van der Waals surface area contributed by atoms with Crippen molar-refractivity contribution in [2.45, 2.75) is 6.54 Å². The summed E-state index contributed by atoms with van der Waals surface area (Å²) in [6.07, 6.45) is 1.59. The molecule has 0 N–H and O–H groups in total. The van der Waals surface area contributed by atoms with E-state index >= 15 is 0 Å². The third-order valence-corrected chi connectivity index (χ3v) is 4.32. The molecular weight excluding hydrogens is 282 g/mol. The topological polar surface area (TPSA) is 47.8 Å². The smallest absolute Gasteiger partial charge is 0.271 e. The molecule has 0 aliphatic heterocycles. The van der Waals surface area contributed by atoms with Gasteiger partial charge in [-0.05, 0) is 23.6 Å². The van der Waals surface area contributed by atoms with E-state index in [0.717, 1.165) is 22.1 Å². The van der Waals surface area contributed by atoms with Crippen molar-refractivity contribution in [2.24, 2.45) is 0 Å². The minimum absolute atomic E-state index is 0.00930. The van der Waals surface area contributed by atoms with Gasteiger partial charge in [0.05, 0.1) is 29.6 Å². The number of benzene rings is 1. The standard InChI is InChI=1S/C16H11N3OS/c20-16-15-14(7-8-21-15)17-10-19(16)9-12-6-5-11-3-1-2-4-13(11)18-12/h1-8,10H,9H2. The van der Waals surface area contributed by atoms with Crippen LogP contribution < -0.4 is 5.56 Å². The molecule has 3 heterocycles. The van der Waals surface area contributed by atoms with Gasteiger partial charge in [0.1, 0.15) is 4.70 Å². The molecule has 0 spiro atoms. The molecule has 0 atom stereocenters. The van der Waals surface area contributed by atoms with Crippen LogP contribution in [0.2, 0.25) is 0 Å². The van der Waals surface area contributed by atoms with Gasteiger partial charge in [0, 0.05) is 5.39 Å². The molecule has 4 aromatic rings. The molecule has 0 saturated heterocycles. The number of para-hydroxylation sites is 1. The summed E-state index contributed by atoms with van der Waals surface area (Å²) < 4.78 is 2.30. The van der Waals surface area contributed by atoms with Gasteiger partial charge < -0.3 is 0 Å². The SMILES string of the molecule is O=c1c2sccc2ncn1Cc1ccc2ccccc2n1. The van der Waals surface area contributed by atoms with Crippen molar-refractivity contribution in [1.29, 1.82) is 0 Å². The normalized spacial score (nSPS) is 11.2. The molecule has 0 amide bonds. The summed E-state index contributed by atoms with van der Waals surface area (Å²) >= 11 is 1.42. The van der Waals surface area contributed by atoms with Crippen LogP contribution >= 0.6 is 11.3 Å². The monoisotopic (exact) mass is 293 g/mol. The Bertz CT molecular complexity index is 1000. The molecular formula is C16H11N3OS. The summed E-state index contributed by atoms with van der Waals surface area (Å²) in [5.41, 5.74) is 2.54. The second kappa shape index (κ2) is 4.79. The van der Waals surface area contributed by atoms with Gasteiger partial charge in [0.2, 0.25) is 0 Å². The van der Waals surface area contributed by atoms with E-state index in [-0.39, 0.29) is 5.56 Å². The largest absolute Gasteiger partial charge is 0.292 e. The van der Waals surface area contributed by atoms with Crippen LogP contribution in [0.25, 0.3) is 21.1 Å². The molecule has 102 valence electrons. The van der Waals surface area contributed by atoms with E-state index in [0.29, 0.717) is 11.2 Å². The molecule has 0 unspecified atom stereocenters. The molecule has 0 saturated carbocycles. The summed E-state index contributed by atoms with van der Waals surface area (Å²) in [7, 11) is 0. The van der Waals surface area contributed by atoms with Crippen LogP contribution in [0, 0.1) is 0 Å². The third kappa shape index (κ3) is 2.11. The lowest BCUT2D eigenvalue weighted by atomic mass is 10.2. The maximum atomic E-state index is 12.4.